The van der Waals surface area contributed by atoms with Gasteiger partial charge in [0.15, 0.2) is 17.9 Å². The van der Waals surface area contributed by atoms with Crippen molar-refractivity contribution < 1.29 is 9.21 Å². The molecular weight excluding hydrogens is 433 g/mol. The summed E-state index contributed by atoms with van der Waals surface area (Å²) in [6.45, 7) is 0. The molecule has 0 saturated heterocycles. The summed E-state index contributed by atoms with van der Waals surface area (Å²) in [4.78, 5) is 24.6. The third kappa shape index (κ3) is 3.85. The Bertz CT molecular complexity index is 1370. The Labute approximate surface area is 187 Å². The number of aromatic amines is 1. The van der Waals surface area contributed by atoms with Crippen molar-refractivity contribution in [1.29, 1.82) is 0 Å². The van der Waals surface area contributed by atoms with Crippen LogP contribution in [0.4, 0.5) is 0 Å². The number of carbonyl (C=O) groups is 1. The van der Waals surface area contributed by atoms with Gasteiger partial charge in [-0.05, 0) is 35.9 Å². The van der Waals surface area contributed by atoms with Crippen LogP contribution in [0.5, 0.6) is 0 Å². The first-order valence-electron chi connectivity index (χ1n) is 9.53. The number of carbonyl (C=O) groups excluding carboxylic acids is 1. The number of imidazole rings is 1. The minimum Gasteiger partial charge on any atom is -0.444 e. The molecule has 0 aliphatic heterocycles. The van der Waals surface area contributed by atoms with Crippen molar-refractivity contribution in [1.82, 2.24) is 15.0 Å². The minimum atomic E-state index is 0.0150. The van der Waals surface area contributed by atoms with E-state index in [2.05, 4.69) is 15.0 Å². The van der Waals surface area contributed by atoms with E-state index in [4.69, 9.17) is 27.6 Å². The summed E-state index contributed by atoms with van der Waals surface area (Å²) in [5, 5.41) is 1.02. The molecule has 3 aromatic carbocycles. The molecule has 0 radical (unpaired) electrons. The van der Waals surface area contributed by atoms with Gasteiger partial charge in [0.25, 0.3) is 0 Å². The van der Waals surface area contributed by atoms with Crippen molar-refractivity contribution in [3.05, 3.63) is 94.4 Å². The van der Waals surface area contributed by atoms with Crippen LogP contribution < -0.4 is 0 Å². The zero-order valence-electron chi connectivity index (χ0n) is 16.1. The highest BCUT2D eigenvalue weighted by atomic mass is 35.5. The standard InChI is InChI=1S/C24H15Cl2N3O2/c25-17-2-1-3-18(26)23(17)24-28-19-9-8-16(11-20(19)29-24)21(30)10-14-4-6-15(7-5-14)22-12-27-13-31-22/h1-9,11-13H,10H2,(H,28,29). The smallest absolute Gasteiger partial charge is 0.181 e. The van der Waals surface area contributed by atoms with E-state index < -0.39 is 0 Å². The number of nitrogens with one attached hydrogen (secondary N) is 1. The van der Waals surface area contributed by atoms with Crippen molar-refractivity contribution in [2.75, 3.05) is 0 Å². The fourth-order valence-electron chi connectivity index (χ4n) is 3.46. The highest BCUT2D eigenvalue weighted by Crippen LogP contribution is 2.34. The lowest BCUT2D eigenvalue weighted by atomic mass is 10.0. The van der Waals surface area contributed by atoms with E-state index >= 15 is 0 Å². The van der Waals surface area contributed by atoms with Crippen LogP contribution in [-0.4, -0.2) is 20.7 Å². The molecule has 0 aliphatic carbocycles. The van der Waals surface area contributed by atoms with Crippen molar-refractivity contribution in [2.24, 2.45) is 0 Å². The van der Waals surface area contributed by atoms with E-state index in [1.165, 1.54) is 6.39 Å². The van der Waals surface area contributed by atoms with Crippen LogP contribution in [0.15, 0.2) is 77.7 Å². The van der Waals surface area contributed by atoms with Crippen LogP contribution in [-0.2, 0) is 6.42 Å². The molecule has 0 spiro atoms. The van der Waals surface area contributed by atoms with E-state index in [-0.39, 0.29) is 5.78 Å². The molecule has 2 aromatic heterocycles. The number of aromatic nitrogens is 3. The number of nitrogens with zero attached hydrogens (tertiary/aromatic N) is 2. The van der Waals surface area contributed by atoms with E-state index in [1.807, 2.05) is 36.4 Å². The summed E-state index contributed by atoms with van der Waals surface area (Å²) in [5.74, 6) is 1.27. The highest BCUT2D eigenvalue weighted by Gasteiger charge is 2.15. The van der Waals surface area contributed by atoms with Crippen LogP contribution in [0.1, 0.15) is 15.9 Å². The molecule has 0 atom stereocenters. The van der Waals surface area contributed by atoms with Gasteiger partial charge in [0, 0.05) is 17.5 Å². The Morgan fingerprint density at radius 1 is 1.00 bits per heavy atom. The summed E-state index contributed by atoms with van der Waals surface area (Å²) in [6.07, 6.45) is 3.34. The number of oxazole rings is 1. The molecule has 0 unspecified atom stereocenters. The highest BCUT2D eigenvalue weighted by molar-refractivity contribution is 6.39. The maximum absolute atomic E-state index is 12.9. The molecule has 5 rings (SSSR count). The zero-order valence-corrected chi connectivity index (χ0v) is 17.6. The number of Topliss-reactive ketones (excluding diaryl/α,β-unsaturated/α-hetero) is 1. The first-order valence-corrected chi connectivity index (χ1v) is 10.3. The third-order valence-corrected chi connectivity index (χ3v) is 5.67. The number of hydrogen-bond acceptors (Lipinski definition) is 4. The largest absolute Gasteiger partial charge is 0.444 e. The molecule has 0 amide bonds. The van der Waals surface area contributed by atoms with Gasteiger partial charge in [-0.25, -0.2) is 9.97 Å². The topological polar surface area (TPSA) is 71.8 Å². The number of ketones is 1. The summed E-state index contributed by atoms with van der Waals surface area (Å²) >= 11 is 12.6. The summed E-state index contributed by atoms with van der Waals surface area (Å²) in [6, 6.07) is 18.4. The number of halogens is 2. The second-order valence-corrected chi connectivity index (χ2v) is 7.89. The summed E-state index contributed by atoms with van der Waals surface area (Å²) in [7, 11) is 0. The van der Waals surface area contributed by atoms with E-state index in [1.54, 1.807) is 30.5 Å². The third-order valence-electron chi connectivity index (χ3n) is 5.04. The SMILES string of the molecule is O=C(Cc1ccc(-c2cnco2)cc1)c1ccc2nc(-c3c(Cl)cccc3Cl)[nH]c2c1. The Morgan fingerprint density at radius 2 is 1.77 bits per heavy atom. The van der Waals surface area contributed by atoms with Gasteiger partial charge >= 0.3 is 0 Å². The maximum Gasteiger partial charge on any atom is 0.181 e. The van der Waals surface area contributed by atoms with Gasteiger partial charge in [0.1, 0.15) is 5.82 Å². The fourth-order valence-corrected chi connectivity index (χ4v) is 4.03. The monoisotopic (exact) mass is 447 g/mol. The molecule has 1 N–H and O–H groups in total. The van der Waals surface area contributed by atoms with Crippen LogP contribution in [0.25, 0.3) is 33.7 Å². The number of fused-ring (bicyclic) bond motifs is 1. The Balaban J connectivity index is 1.39. The number of rotatable bonds is 5. The predicted octanol–water partition coefficient (Wildman–Crippen LogP) is 6.62. The molecule has 31 heavy (non-hydrogen) atoms. The molecule has 0 aliphatic rings. The van der Waals surface area contributed by atoms with Crippen LogP contribution in [0.3, 0.4) is 0 Å². The molecule has 0 fully saturated rings. The first-order chi connectivity index (χ1) is 15.1. The first kappa shape index (κ1) is 19.5. The number of hydrogen-bond donors (Lipinski definition) is 1. The summed E-state index contributed by atoms with van der Waals surface area (Å²) in [5.41, 5.74) is 4.56. The lowest BCUT2D eigenvalue weighted by Gasteiger charge is -2.03. The maximum atomic E-state index is 12.9. The zero-order chi connectivity index (χ0) is 21.4. The molecular formula is C24H15Cl2N3O2. The minimum absolute atomic E-state index is 0.0150. The normalized spacial score (nSPS) is 11.2. The Kier molecular flexibility index (Phi) is 5.06. The lowest BCUT2D eigenvalue weighted by Crippen LogP contribution is -2.03. The van der Waals surface area contributed by atoms with Gasteiger partial charge in [-0.15, -0.1) is 0 Å². The van der Waals surface area contributed by atoms with E-state index in [0.717, 1.165) is 22.2 Å². The van der Waals surface area contributed by atoms with Gasteiger partial charge in [0.2, 0.25) is 0 Å². The van der Waals surface area contributed by atoms with Crippen LogP contribution in [0, 0.1) is 0 Å². The van der Waals surface area contributed by atoms with Gasteiger partial charge in [-0.3, -0.25) is 4.79 Å². The molecule has 152 valence electrons. The van der Waals surface area contributed by atoms with Crippen molar-refractivity contribution in [3.63, 3.8) is 0 Å². The fraction of sp³-hybridized carbons (Fsp3) is 0.0417. The predicted molar refractivity (Wildman–Crippen MR) is 122 cm³/mol. The quantitative estimate of drug-likeness (QED) is 0.307. The average molecular weight is 448 g/mol. The van der Waals surface area contributed by atoms with E-state index in [0.29, 0.717) is 39.2 Å². The van der Waals surface area contributed by atoms with Crippen molar-refractivity contribution >= 4 is 40.0 Å². The van der Waals surface area contributed by atoms with Crippen molar-refractivity contribution in [3.8, 4) is 22.7 Å². The van der Waals surface area contributed by atoms with Crippen molar-refractivity contribution in [2.45, 2.75) is 6.42 Å². The molecule has 7 heteroatoms. The number of H-pyrrole nitrogens is 1. The lowest BCUT2D eigenvalue weighted by molar-refractivity contribution is 0.0993. The van der Waals surface area contributed by atoms with E-state index in [9.17, 15) is 4.79 Å². The molecule has 5 aromatic rings. The molecule has 0 bridgehead atoms. The molecule has 2 heterocycles. The Hall–Kier alpha value is -3.41. The summed E-state index contributed by atoms with van der Waals surface area (Å²) < 4.78 is 5.30. The molecule has 0 saturated carbocycles. The van der Waals surface area contributed by atoms with Gasteiger partial charge < -0.3 is 9.40 Å². The van der Waals surface area contributed by atoms with Gasteiger partial charge in [-0.1, -0.05) is 53.5 Å². The number of benzene rings is 3. The Morgan fingerprint density at radius 3 is 2.48 bits per heavy atom. The van der Waals surface area contributed by atoms with Gasteiger partial charge in [0.05, 0.1) is 32.8 Å². The van der Waals surface area contributed by atoms with Crippen LogP contribution in [0.2, 0.25) is 10.0 Å². The second kappa shape index (κ2) is 8.02. The second-order valence-electron chi connectivity index (χ2n) is 7.08. The van der Waals surface area contributed by atoms with Crippen LogP contribution >= 0.6 is 23.2 Å². The average Bonchev–Trinajstić information content (AvgIpc) is 3.44. The molecule has 5 nitrogen and oxygen atoms in total. The van der Waals surface area contributed by atoms with Gasteiger partial charge in [-0.2, -0.15) is 0 Å².